The summed E-state index contributed by atoms with van der Waals surface area (Å²) in [6, 6.07) is 9.32. The Bertz CT molecular complexity index is 1640. The first-order valence-electron chi connectivity index (χ1n) is 11.6. The number of rotatable bonds is 6. The quantitative estimate of drug-likeness (QED) is 0.469. The van der Waals surface area contributed by atoms with E-state index in [9.17, 15) is 26.0 Å². The molecule has 0 amide bonds. The van der Waals surface area contributed by atoms with Crippen LogP contribution in [0.2, 0.25) is 5.02 Å². The first-order chi connectivity index (χ1) is 18.0. The Hall–Kier alpha value is -2.80. The lowest BCUT2D eigenvalue weighted by atomic mass is 9.75. The van der Waals surface area contributed by atoms with Crippen LogP contribution in [-0.4, -0.2) is 46.9 Å². The third-order valence-electron chi connectivity index (χ3n) is 7.13. The fourth-order valence-corrected chi connectivity index (χ4v) is 9.08. The van der Waals surface area contributed by atoms with E-state index in [1.807, 2.05) is 0 Å². The van der Waals surface area contributed by atoms with Gasteiger partial charge in [0, 0.05) is 29.8 Å². The average Bonchev–Trinajstić information content (AvgIpc) is 2.89. The van der Waals surface area contributed by atoms with Gasteiger partial charge < -0.3 is 14.5 Å². The highest BCUT2D eigenvalue weighted by atomic mass is 35.5. The molecule has 1 fully saturated rings. The number of hydrogen-bond donors (Lipinski definition) is 1. The predicted molar refractivity (Wildman–Crippen MR) is 134 cm³/mol. The van der Waals surface area contributed by atoms with Crippen LogP contribution in [0, 0.1) is 17.6 Å². The van der Waals surface area contributed by atoms with Crippen molar-refractivity contribution in [1.82, 2.24) is 4.98 Å². The zero-order valence-corrected chi connectivity index (χ0v) is 22.1. The van der Waals surface area contributed by atoms with Crippen LogP contribution in [0.5, 0.6) is 5.75 Å². The summed E-state index contributed by atoms with van der Waals surface area (Å²) in [5.41, 5.74) is -0.899. The van der Waals surface area contributed by atoms with E-state index in [0.717, 1.165) is 24.4 Å². The second-order valence-corrected chi connectivity index (χ2v) is 13.9. The molecular formula is C25H22ClF2NO7S2. The van der Waals surface area contributed by atoms with Gasteiger partial charge in [-0.3, -0.25) is 4.79 Å². The van der Waals surface area contributed by atoms with Gasteiger partial charge in [-0.25, -0.2) is 25.6 Å². The number of halogens is 3. The molecule has 0 radical (unpaired) electrons. The van der Waals surface area contributed by atoms with Crippen molar-refractivity contribution in [2.45, 2.75) is 33.5 Å². The van der Waals surface area contributed by atoms with Gasteiger partial charge in [0.25, 0.3) is 0 Å². The fraction of sp³-hybridized carbons (Fsp3) is 0.320. The van der Waals surface area contributed by atoms with Crippen molar-refractivity contribution >= 4 is 31.3 Å². The number of pyridine rings is 1. The number of aromatic nitrogens is 1. The molecule has 2 aromatic carbocycles. The first-order valence-corrected chi connectivity index (χ1v) is 15.1. The normalized spacial score (nSPS) is 23.2. The number of hydrogen-bond acceptors (Lipinski definition) is 7. The summed E-state index contributed by atoms with van der Waals surface area (Å²) in [5.74, 6) is -3.86. The van der Waals surface area contributed by atoms with E-state index in [4.69, 9.17) is 21.1 Å². The van der Waals surface area contributed by atoms with E-state index in [1.165, 1.54) is 30.3 Å². The van der Waals surface area contributed by atoms with Gasteiger partial charge in [0.15, 0.2) is 31.2 Å². The summed E-state index contributed by atoms with van der Waals surface area (Å²) in [5, 5.41) is 0.292. The second-order valence-electron chi connectivity index (χ2n) is 9.15. The largest absolute Gasteiger partial charge is 0.490 e. The van der Waals surface area contributed by atoms with Crippen LogP contribution < -0.4 is 10.3 Å². The van der Waals surface area contributed by atoms with Gasteiger partial charge >= 0.3 is 0 Å². The molecule has 0 unspecified atom stereocenters. The molecule has 8 nitrogen and oxygen atoms in total. The number of H-pyrrole nitrogens is 1. The summed E-state index contributed by atoms with van der Waals surface area (Å²) in [6.45, 7) is -0.494. The van der Waals surface area contributed by atoms with Gasteiger partial charge in [-0.1, -0.05) is 11.6 Å². The predicted octanol–water partition coefficient (Wildman–Crippen LogP) is 3.64. The topological polar surface area (TPSA) is 120 Å². The number of aromatic amines is 1. The summed E-state index contributed by atoms with van der Waals surface area (Å²) in [6.07, 6.45) is -0.270. The average molecular weight is 586 g/mol. The van der Waals surface area contributed by atoms with E-state index >= 15 is 4.39 Å². The van der Waals surface area contributed by atoms with Crippen LogP contribution in [0.1, 0.15) is 18.4 Å². The van der Waals surface area contributed by atoms with Crippen LogP contribution in [0.15, 0.2) is 69.3 Å². The fourth-order valence-electron chi connectivity index (χ4n) is 5.31. The lowest BCUT2D eigenvalue weighted by molar-refractivity contribution is -0.0732. The van der Waals surface area contributed by atoms with Crippen molar-refractivity contribution in [1.29, 1.82) is 0 Å². The molecule has 3 aromatic rings. The van der Waals surface area contributed by atoms with Crippen molar-refractivity contribution in [3.8, 4) is 5.75 Å². The summed E-state index contributed by atoms with van der Waals surface area (Å²) < 4.78 is 94.1. The minimum Gasteiger partial charge on any atom is -0.490 e. The van der Waals surface area contributed by atoms with Gasteiger partial charge in [0.2, 0.25) is 5.56 Å². The van der Waals surface area contributed by atoms with Crippen molar-refractivity contribution in [2.75, 3.05) is 19.0 Å². The molecule has 1 aromatic heterocycles. The maximum atomic E-state index is 15.4. The Kier molecular flexibility index (Phi) is 6.87. The van der Waals surface area contributed by atoms with Crippen molar-refractivity contribution in [2.24, 2.45) is 5.92 Å². The number of nitrogens with one attached hydrogen (secondary N) is 1. The van der Waals surface area contributed by atoms with Gasteiger partial charge in [-0.05, 0) is 55.3 Å². The van der Waals surface area contributed by atoms with Gasteiger partial charge in [0.1, 0.15) is 10.6 Å². The smallest absolute Gasteiger partial charge is 0.247 e. The van der Waals surface area contributed by atoms with Crippen LogP contribution in [0.25, 0.3) is 0 Å². The van der Waals surface area contributed by atoms with E-state index in [2.05, 4.69) is 4.98 Å². The van der Waals surface area contributed by atoms with Crippen molar-refractivity contribution in [3.05, 3.63) is 87.3 Å². The van der Waals surface area contributed by atoms with E-state index in [0.29, 0.717) is 5.02 Å². The zero-order chi connectivity index (χ0) is 27.3. The third kappa shape index (κ3) is 4.33. The highest BCUT2D eigenvalue weighted by Crippen LogP contribution is 2.56. The standard InChI is InChI=1S/C25H22ClF2NO7S2/c26-15-1-3-16(4-2-15)38(33,34)25-10-11-35-21(9-12-37(31,32)17-5-8-22(30)29-13-17)18(25)14-36-24-20(28)7-6-19(27)23(24)25/h1-8,13,18,21H,9-12,14H2,(H,29,30)/t18-,21-,25-/m0/s1. The molecule has 38 heavy (non-hydrogen) atoms. The van der Waals surface area contributed by atoms with Gasteiger partial charge in [-0.15, -0.1) is 0 Å². The van der Waals surface area contributed by atoms with Crippen LogP contribution in [-0.2, 0) is 29.2 Å². The molecule has 1 N–H and O–H groups in total. The third-order valence-corrected chi connectivity index (χ3v) is 11.7. The lowest BCUT2D eigenvalue weighted by Gasteiger charge is -2.50. The molecule has 3 atom stereocenters. The summed E-state index contributed by atoms with van der Waals surface area (Å²) in [7, 11) is -8.30. The van der Waals surface area contributed by atoms with Gasteiger partial charge in [0.05, 0.1) is 33.8 Å². The monoisotopic (exact) mass is 585 g/mol. The minimum absolute atomic E-state index is 0.119. The van der Waals surface area contributed by atoms with E-state index in [1.54, 1.807) is 0 Å². The SMILES string of the molecule is O=c1ccc(S(=O)(=O)CC[C@@H]2OCC[C@@]3(S(=O)(=O)c4ccc(Cl)cc4)c4c(F)ccc(F)c4OC[C@@H]23)c[nH]1. The number of ether oxygens (including phenoxy) is 2. The Morgan fingerprint density at radius 3 is 2.34 bits per heavy atom. The molecular weight excluding hydrogens is 564 g/mol. The molecule has 3 heterocycles. The van der Waals surface area contributed by atoms with Crippen molar-refractivity contribution in [3.63, 3.8) is 0 Å². The van der Waals surface area contributed by atoms with E-state index in [-0.39, 0.29) is 35.8 Å². The Morgan fingerprint density at radius 1 is 0.974 bits per heavy atom. The molecule has 0 spiro atoms. The molecule has 5 rings (SSSR count). The Balaban J connectivity index is 1.60. The molecule has 0 bridgehead atoms. The number of sulfone groups is 2. The molecule has 0 aliphatic carbocycles. The summed E-state index contributed by atoms with van der Waals surface area (Å²) >= 11 is 5.96. The minimum atomic E-state index is -4.41. The van der Waals surface area contributed by atoms with Crippen LogP contribution >= 0.6 is 11.6 Å². The highest BCUT2D eigenvalue weighted by Gasteiger charge is 2.61. The molecule has 13 heteroatoms. The maximum Gasteiger partial charge on any atom is 0.247 e. The number of fused-ring (bicyclic) bond motifs is 3. The highest BCUT2D eigenvalue weighted by molar-refractivity contribution is 7.92. The maximum absolute atomic E-state index is 15.4. The molecule has 2 aliphatic rings. The van der Waals surface area contributed by atoms with Gasteiger partial charge in [-0.2, -0.15) is 0 Å². The first kappa shape index (κ1) is 26.8. The summed E-state index contributed by atoms with van der Waals surface area (Å²) in [4.78, 5) is 13.4. The zero-order valence-electron chi connectivity index (χ0n) is 19.7. The van der Waals surface area contributed by atoms with E-state index < -0.39 is 70.7 Å². The molecule has 0 saturated carbocycles. The number of benzene rings is 2. The second kappa shape index (κ2) is 9.74. The Morgan fingerprint density at radius 2 is 1.66 bits per heavy atom. The Labute approximate surface area is 222 Å². The molecule has 2 aliphatic heterocycles. The van der Waals surface area contributed by atoms with Crippen LogP contribution in [0.4, 0.5) is 8.78 Å². The van der Waals surface area contributed by atoms with Crippen molar-refractivity contribution < 1.29 is 35.1 Å². The molecule has 202 valence electrons. The molecule has 1 saturated heterocycles. The lowest BCUT2D eigenvalue weighted by Crippen LogP contribution is -2.57. The van der Waals surface area contributed by atoms with Crippen LogP contribution in [0.3, 0.4) is 0 Å².